The normalized spacial score (nSPS) is 19.6. The molecule has 1 saturated heterocycles. The summed E-state index contributed by atoms with van der Waals surface area (Å²) in [5.74, 6) is 0.806. The van der Waals surface area contributed by atoms with Crippen LogP contribution in [0.5, 0.6) is 0 Å². The molecule has 5 nitrogen and oxygen atoms in total. The van der Waals surface area contributed by atoms with Crippen LogP contribution in [0.4, 0.5) is 0 Å². The van der Waals surface area contributed by atoms with E-state index in [-0.39, 0.29) is 0 Å². The zero-order valence-electron chi connectivity index (χ0n) is 11.4. The molecule has 0 bridgehead atoms. The van der Waals surface area contributed by atoms with Crippen LogP contribution in [0.3, 0.4) is 0 Å². The summed E-state index contributed by atoms with van der Waals surface area (Å²) in [7, 11) is 0. The van der Waals surface area contributed by atoms with Gasteiger partial charge in [0.05, 0.1) is 11.4 Å². The topological polar surface area (TPSA) is 66.5 Å². The molecule has 1 aliphatic rings. The second-order valence-electron chi connectivity index (χ2n) is 5.16. The molecular formula is C14H19N5. The Kier molecular flexibility index (Phi) is 3.29. The highest BCUT2D eigenvalue weighted by atomic mass is 15.1. The van der Waals surface area contributed by atoms with Crippen LogP contribution in [0.25, 0.3) is 11.4 Å². The maximum absolute atomic E-state index is 4.58. The lowest BCUT2D eigenvalue weighted by atomic mass is 10.0. The molecule has 2 aromatic rings. The van der Waals surface area contributed by atoms with Gasteiger partial charge in [0.2, 0.25) is 0 Å². The number of piperidine rings is 1. The molecule has 2 aromatic heterocycles. The lowest BCUT2D eigenvalue weighted by molar-refractivity contribution is 0.404. The van der Waals surface area contributed by atoms with Crippen LogP contribution in [0.15, 0.2) is 12.1 Å². The van der Waals surface area contributed by atoms with Crippen molar-refractivity contribution in [1.82, 2.24) is 25.5 Å². The number of aromatic amines is 1. The lowest BCUT2D eigenvalue weighted by Crippen LogP contribution is -2.27. The molecular weight excluding hydrogens is 238 g/mol. The van der Waals surface area contributed by atoms with Gasteiger partial charge in [-0.15, -0.1) is 0 Å². The molecule has 100 valence electrons. The molecule has 0 aliphatic carbocycles. The van der Waals surface area contributed by atoms with E-state index in [9.17, 15) is 0 Å². The predicted octanol–water partition coefficient (Wildman–Crippen LogP) is 2.30. The van der Waals surface area contributed by atoms with E-state index in [0.717, 1.165) is 41.6 Å². The van der Waals surface area contributed by atoms with E-state index in [2.05, 4.69) is 31.5 Å². The van der Waals surface area contributed by atoms with Gasteiger partial charge >= 0.3 is 0 Å². The zero-order valence-corrected chi connectivity index (χ0v) is 11.4. The zero-order chi connectivity index (χ0) is 13.2. The van der Waals surface area contributed by atoms with Gasteiger partial charge < -0.3 is 5.32 Å². The molecule has 0 saturated carbocycles. The van der Waals surface area contributed by atoms with Crippen LogP contribution in [0.2, 0.25) is 0 Å². The highest BCUT2D eigenvalue weighted by Gasteiger charge is 2.18. The van der Waals surface area contributed by atoms with Crippen molar-refractivity contribution < 1.29 is 0 Å². The van der Waals surface area contributed by atoms with Crippen molar-refractivity contribution in [3.63, 3.8) is 0 Å². The van der Waals surface area contributed by atoms with E-state index in [0.29, 0.717) is 6.04 Å². The average molecular weight is 257 g/mol. The highest BCUT2D eigenvalue weighted by Crippen LogP contribution is 2.24. The smallest absolute Gasteiger partial charge is 0.126 e. The molecule has 3 rings (SSSR count). The number of nitrogens with one attached hydrogen (secondary N) is 2. The molecule has 1 aliphatic heterocycles. The summed E-state index contributed by atoms with van der Waals surface area (Å²) in [5, 5.41) is 10.8. The van der Waals surface area contributed by atoms with Gasteiger partial charge in [-0.3, -0.25) is 5.10 Å². The Bertz CT molecular complexity index is 569. The first-order valence-electron chi connectivity index (χ1n) is 6.84. The molecule has 0 amide bonds. The molecule has 1 unspecified atom stereocenters. The maximum atomic E-state index is 4.58. The van der Waals surface area contributed by atoms with Crippen molar-refractivity contribution >= 4 is 0 Å². The Morgan fingerprint density at radius 2 is 2.00 bits per heavy atom. The first-order valence-corrected chi connectivity index (χ1v) is 6.84. The second-order valence-corrected chi connectivity index (χ2v) is 5.16. The summed E-state index contributed by atoms with van der Waals surface area (Å²) in [6, 6.07) is 4.43. The number of aryl methyl sites for hydroxylation is 2. The Hall–Kier alpha value is -1.75. The number of aromatic nitrogens is 4. The Morgan fingerprint density at radius 1 is 1.11 bits per heavy atom. The molecule has 0 aromatic carbocycles. The summed E-state index contributed by atoms with van der Waals surface area (Å²) in [6.45, 7) is 5.01. The molecule has 1 atom stereocenters. The van der Waals surface area contributed by atoms with Gasteiger partial charge in [0.1, 0.15) is 11.5 Å². The van der Waals surface area contributed by atoms with Crippen LogP contribution in [0, 0.1) is 13.8 Å². The molecule has 3 heterocycles. The largest absolute Gasteiger partial charge is 0.309 e. The Balaban J connectivity index is 1.95. The summed E-state index contributed by atoms with van der Waals surface area (Å²) in [6.07, 6.45) is 3.67. The Labute approximate surface area is 112 Å². The van der Waals surface area contributed by atoms with Crippen molar-refractivity contribution in [1.29, 1.82) is 0 Å². The summed E-state index contributed by atoms with van der Waals surface area (Å²) in [4.78, 5) is 9.07. The summed E-state index contributed by atoms with van der Waals surface area (Å²) < 4.78 is 0. The average Bonchev–Trinajstić information content (AvgIpc) is 2.86. The van der Waals surface area contributed by atoms with E-state index in [4.69, 9.17) is 0 Å². The van der Waals surface area contributed by atoms with Crippen molar-refractivity contribution in [2.45, 2.75) is 39.2 Å². The van der Waals surface area contributed by atoms with Gasteiger partial charge in [-0.1, -0.05) is 6.42 Å². The first kappa shape index (κ1) is 12.3. The van der Waals surface area contributed by atoms with Gasteiger partial charge in [0, 0.05) is 11.7 Å². The van der Waals surface area contributed by atoms with Gasteiger partial charge in [0.15, 0.2) is 0 Å². The summed E-state index contributed by atoms with van der Waals surface area (Å²) in [5.41, 5.74) is 3.92. The monoisotopic (exact) mass is 257 g/mol. The van der Waals surface area contributed by atoms with Gasteiger partial charge in [-0.25, -0.2) is 9.97 Å². The van der Waals surface area contributed by atoms with Crippen LogP contribution in [0.1, 0.15) is 42.5 Å². The standard InChI is InChI=1S/C14H19N5/c1-9-7-14(19-18-9)13-8-12(16-10(2)17-13)11-5-3-4-6-15-11/h7-8,11,15H,3-6H2,1-2H3,(H,18,19). The fraction of sp³-hybridized carbons (Fsp3) is 0.500. The molecule has 2 N–H and O–H groups in total. The van der Waals surface area contributed by atoms with Crippen LogP contribution >= 0.6 is 0 Å². The third kappa shape index (κ3) is 2.66. The number of nitrogens with zero attached hydrogens (tertiary/aromatic N) is 3. The maximum Gasteiger partial charge on any atom is 0.126 e. The van der Waals surface area contributed by atoms with E-state index in [1.165, 1.54) is 12.8 Å². The van der Waals surface area contributed by atoms with Gasteiger partial charge in [0.25, 0.3) is 0 Å². The van der Waals surface area contributed by atoms with E-state index < -0.39 is 0 Å². The first-order chi connectivity index (χ1) is 9.22. The van der Waals surface area contributed by atoms with Crippen molar-refractivity contribution in [3.05, 3.63) is 29.3 Å². The third-order valence-corrected chi connectivity index (χ3v) is 3.49. The summed E-state index contributed by atoms with van der Waals surface area (Å²) >= 11 is 0. The SMILES string of the molecule is Cc1nc(-c2cc(C)[nH]n2)cc(C2CCCCN2)n1. The minimum atomic E-state index is 0.356. The molecule has 5 heteroatoms. The van der Waals surface area contributed by atoms with Crippen LogP contribution < -0.4 is 5.32 Å². The van der Waals surface area contributed by atoms with Gasteiger partial charge in [-0.05, 0) is 45.4 Å². The number of rotatable bonds is 2. The Morgan fingerprint density at radius 3 is 2.68 bits per heavy atom. The minimum Gasteiger partial charge on any atom is -0.309 e. The third-order valence-electron chi connectivity index (χ3n) is 3.49. The van der Waals surface area contributed by atoms with Crippen molar-refractivity contribution in [3.8, 4) is 11.4 Å². The number of hydrogen-bond donors (Lipinski definition) is 2. The van der Waals surface area contributed by atoms with Crippen molar-refractivity contribution in [2.75, 3.05) is 6.54 Å². The number of hydrogen-bond acceptors (Lipinski definition) is 4. The molecule has 0 spiro atoms. The van der Waals surface area contributed by atoms with E-state index in [1.807, 2.05) is 19.9 Å². The lowest BCUT2D eigenvalue weighted by Gasteiger charge is -2.23. The van der Waals surface area contributed by atoms with Gasteiger partial charge in [-0.2, -0.15) is 5.10 Å². The van der Waals surface area contributed by atoms with Crippen LogP contribution in [-0.2, 0) is 0 Å². The highest BCUT2D eigenvalue weighted by molar-refractivity contribution is 5.54. The molecule has 19 heavy (non-hydrogen) atoms. The number of H-pyrrole nitrogens is 1. The van der Waals surface area contributed by atoms with E-state index >= 15 is 0 Å². The second kappa shape index (κ2) is 5.09. The van der Waals surface area contributed by atoms with Crippen molar-refractivity contribution in [2.24, 2.45) is 0 Å². The predicted molar refractivity (Wildman–Crippen MR) is 73.7 cm³/mol. The van der Waals surface area contributed by atoms with Crippen LogP contribution in [-0.4, -0.2) is 26.7 Å². The quantitative estimate of drug-likeness (QED) is 0.866. The molecule has 1 fully saturated rings. The van der Waals surface area contributed by atoms with E-state index in [1.54, 1.807) is 0 Å². The molecule has 0 radical (unpaired) electrons. The fourth-order valence-corrected chi connectivity index (χ4v) is 2.55. The fourth-order valence-electron chi connectivity index (χ4n) is 2.55. The minimum absolute atomic E-state index is 0.356.